The molecule has 1 fully saturated rings. The molecular weight excluding hydrogens is 348 g/mol. The van der Waals surface area contributed by atoms with Gasteiger partial charge in [0, 0.05) is 19.3 Å². The van der Waals surface area contributed by atoms with Crippen LogP contribution >= 0.6 is 0 Å². The SMILES string of the molecule is Cc1nccc(-c2ccccc2)c1C(=O)N1CCC(O)(c2ccccc2)CC1. The highest BCUT2D eigenvalue weighted by molar-refractivity contribution is 6.01. The van der Waals surface area contributed by atoms with Gasteiger partial charge < -0.3 is 10.0 Å². The van der Waals surface area contributed by atoms with E-state index in [0.717, 1.165) is 22.4 Å². The van der Waals surface area contributed by atoms with E-state index in [1.54, 1.807) is 6.20 Å². The van der Waals surface area contributed by atoms with Crippen LogP contribution in [0, 0.1) is 6.92 Å². The van der Waals surface area contributed by atoms with Crippen LogP contribution in [0.5, 0.6) is 0 Å². The number of pyridine rings is 1. The van der Waals surface area contributed by atoms with Crippen LogP contribution in [0.3, 0.4) is 0 Å². The van der Waals surface area contributed by atoms with Gasteiger partial charge in [-0.2, -0.15) is 0 Å². The molecule has 4 rings (SSSR count). The smallest absolute Gasteiger partial charge is 0.256 e. The van der Waals surface area contributed by atoms with Gasteiger partial charge in [-0.3, -0.25) is 9.78 Å². The van der Waals surface area contributed by atoms with E-state index in [-0.39, 0.29) is 5.91 Å². The first-order valence-electron chi connectivity index (χ1n) is 9.67. The van der Waals surface area contributed by atoms with Gasteiger partial charge >= 0.3 is 0 Å². The minimum Gasteiger partial charge on any atom is -0.385 e. The molecule has 1 aliphatic heterocycles. The molecule has 0 spiro atoms. The van der Waals surface area contributed by atoms with Gasteiger partial charge in [0.25, 0.3) is 5.91 Å². The summed E-state index contributed by atoms with van der Waals surface area (Å²) >= 11 is 0. The molecule has 1 saturated heterocycles. The van der Waals surface area contributed by atoms with Crippen molar-refractivity contribution in [3.63, 3.8) is 0 Å². The Bertz CT molecular complexity index is 962. The molecule has 2 aromatic carbocycles. The lowest BCUT2D eigenvalue weighted by Crippen LogP contribution is -2.45. The zero-order valence-corrected chi connectivity index (χ0v) is 16.0. The monoisotopic (exact) mass is 372 g/mol. The van der Waals surface area contributed by atoms with Gasteiger partial charge in [-0.05, 0) is 42.5 Å². The molecule has 0 saturated carbocycles. The molecule has 0 aliphatic carbocycles. The second-order valence-electron chi connectivity index (χ2n) is 7.37. The lowest BCUT2D eigenvalue weighted by atomic mass is 9.84. The summed E-state index contributed by atoms with van der Waals surface area (Å²) in [7, 11) is 0. The van der Waals surface area contributed by atoms with Gasteiger partial charge in [0.05, 0.1) is 16.9 Å². The fraction of sp³-hybridized carbons (Fsp3) is 0.250. The number of amides is 1. The van der Waals surface area contributed by atoms with Crippen molar-refractivity contribution in [1.29, 1.82) is 0 Å². The second kappa shape index (κ2) is 7.56. The van der Waals surface area contributed by atoms with Gasteiger partial charge in [-0.15, -0.1) is 0 Å². The summed E-state index contributed by atoms with van der Waals surface area (Å²) in [5.74, 6) is -0.0143. The van der Waals surface area contributed by atoms with Gasteiger partial charge in [-0.25, -0.2) is 0 Å². The fourth-order valence-corrected chi connectivity index (χ4v) is 3.97. The van der Waals surface area contributed by atoms with Crippen molar-refractivity contribution in [2.75, 3.05) is 13.1 Å². The maximum absolute atomic E-state index is 13.4. The molecule has 3 aromatic rings. The number of aliphatic hydroxyl groups is 1. The largest absolute Gasteiger partial charge is 0.385 e. The number of rotatable bonds is 3. The summed E-state index contributed by atoms with van der Waals surface area (Å²) in [6, 6.07) is 21.6. The Morgan fingerprint density at radius 3 is 2.21 bits per heavy atom. The maximum atomic E-state index is 13.4. The summed E-state index contributed by atoms with van der Waals surface area (Å²) < 4.78 is 0. The van der Waals surface area contributed by atoms with Gasteiger partial charge in [0.1, 0.15) is 0 Å². The van der Waals surface area contributed by atoms with Crippen molar-refractivity contribution >= 4 is 5.91 Å². The quantitative estimate of drug-likeness (QED) is 0.750. The summed E-state index contributed by atoms with van der Waals surface area (Å²) in [6.07, 6.45) is 2.81. The first kappa shape index (κ1) is 18.4. The zero-order chi connectivity index (χ0) is 19.6. The molecule has 28 heavy (non-hydrogen) atoms. The molecule has 1 amide bonds. The molecule has 0 radical (unpaired) electrons. The third kappa shape index (κ3) is 3.43. The number of hydrogen-bond donors (Lipinski definition) is 1. The van der Waals surface area contributed by atoms with Crippen LogP contribution in [0.25, 0.3) is 11.1 Å². The van der Waals surface area contributed by atoms with E-state index in [0.29, 0.717) is 31.5 Å². The molecule has 1 aromatic heterocycles. The Labute approximate surface area is 165 Å². The Hall–Kier alpha value is -2.98. The predicted octanol–water partition coefficient (Wildman–Crippen LogP) is 4.18. The Morgan fingerprint density at radius 1 is 0.964 bits per heavy atom. The molecule has 0 bridgehead atoms. The highest BCUT2D eigenvalue weighted by Crippen LogP contribution is 2.34. The lowest BCUT2D eigenvalue weighted by Gasteiger charge is -2.39. The number of carbonyl (C=O) groups excluding carboxylic acids is 1. The maximum Gasteiger partial charge on any atom is 0.256 e. The van der Waals surface area contributed by atoms with Crippen molar-refractivity contribution in [3.05, 3.63) is 89.7 Å². The van der Waals surface area contributed by atoms with Crippen LogP contribution in [-0.4, -0.2) is 34.0 Å². The molecule has 4 nitrogen and oxygen atoms in total. The van der Waals surface area contributed by atoms with E-state index >= 15 is 0 Å². The Kier molecular flexibility index (Phi) is 4.97. The second-order valence-corrected chi connectivity index (χ2v) is 7.37. The molecule has 0 unspecified atom stereocenters. The molecule has 4 heteroatoms. The highest BCUT2D eigenvalue weighted by atomic mass is 16.3. The summed E-state index contributed by atoms with van der Waals surface area (Å²) in [6.45, 7) is 2.92. The van der Waals surface area contributed by atoms with Gasteiger partial charge in [0.2, 0.25) is 0 Å². The average molecular weight is 372 g/mol. The van der Waals surface area contributed by atoms with Crippen molar-refractivity contribution in [2.24, 2.45) is 0 Å². The molecule has 2 heterocycles. The normalized spacial score (nSPS) is 16.0. The molecule has 1 aliphatic rings. The van der Waals surface area contributed by atoms with Crippen LogP contribution in [0.4, 0.5) is 0 Å². The molecule has 142 valence electrons. The van der Waals surface area contributed by atoms with E-state index in [4.69, 9.17) is 0 Å². The summed E-state index contributed by atoms with van der Waals surface area (Å²) in [5, 5.41) is 11.0. The highest BCUT2D eigenvalue weighted by Gasteiger charge is 2.36. The molecule has 0 atom stereocenters. The number of benzene rings is 2. The van der Waals surface area contributed by atoms with Crippen molar-refractivity contribution in [3.8, 4) is 11.1 Å². The van der Waals surface area contributed by atoms with Crippen molar-refractivity contribution < 1.29 is 9.90 Å². The van der Waals surface area contributed by atoms with E-state index in [1.807, 2.05) is 78.6 Å². The fourth-order valence-electron chi connectivity index (χ4n) is 3.97. The van der Waals surface area contributed by atoms with E-state index in [2.05, 4.69) is 4.98 Å². The topological polar surface area (TPSA) is 53.4 Å². The zero-order valence-electron chi connectivity index (χ0n) is 16.0. The first-order chi connectivity index (χ1) is 13.6. The number of hydrogen-bond acceptors (Lipinski definition) is 3. The number of aryl methyl sites for hydroxylation is 1. The standard InChI is InChI=1S/C24H24N2O2/c1-18-22(21(12-15-25-18)19-8-4-2-5-9-19)23(27)26-16-13-24(28,14-17-26)20-10-6-3-7-11-20/h2-12,15,28H,13-14,16-17H2,1H3. The lowest BCUT2D eigenvalue weighted by molar-refractivity contribution is -0.0211. The average Bonchev–Trinajstić information content (AvgIpc) is 2.75. The van der Waals surface area contributed by atoms with E-state index in [9.17, 15) is 9.90 Å². The van der Waals surface area contributed by atoms with Crippen molar-refractivity contribution in [2.45, 2.75) is 25.4 Å². The first-order valence-corrected chi connectivity index (χ1v) is 9.67. The van der Waals surface area contributed by atoms with E-state index < -0.39 is 5.60 Å². The van der Waals surface area contributed by atoms with Crippen molar-refractivity contribution in [1.82, 2.24) is 9.88 Å². The number of aromatic nitrogens is 1. The minimum atomic E-state index is -0.871. The van der Waals surface area contributed by atoms with Crippen LogP contribution in [0.15, 0.2) is 72.9 Å². The molecule has 1 N–H and O–H groups in total. The summed E-state index contributed by atoms with van der Waals surface area (Å²) in [4.78, 5) is 19.6. The summed E-state index contributed by atoms with van der Waals surface area (Å²) in [5.41, 5.74) is 3.35. The number of carbonyl (C=O) groups is 1. The minimum absolute atomic E-state index is 0.0143. The predicted molar refractivity (Wildman–Crippen MR) is 110 cm³/mol. The third-order valence-corrected chi connectivity index (χ3v) is 5.63. The number of likely N-dealkylation sites (tertiary alicyclic amines) is 1. The Morgan fingerprint density at radius 2 is 1.57 bits per heavy atom. The van der Waals surface area contributed by atoms with Crippen LogP contribution in [0.1, 0.15) is 34.5 Å². The molecular formula is C24H24N2O2. The van der Waals surface area contributed by atoms with Crippen LogP contribution in [-0.2, 0) is 5.60 Å². The third-order valence-electron chi connectivity index (χ3n) is 5.63. The number of piperidine rings is 1. The van der Waals surface area contributed by atoms with Crippen LogP contribution in [0.2, 0.25) is 0 Å². The van der Waals surface area contributed by atoms with Crippen LogP contribution < -0.4 is 0 Å². The Balaban J connectivity index is 1.59. The van der Waals surface area contributed by atoms with Gasteiger partial charge in [-0.1, -0.05) is 60.7 Å². The van der Waals surface area contributed by atoms with Gasteiger partial charge in [0.15, 0.2) is 0 Å². The number of nitrogens with zero attached hydrogens (tertiary/aromatic N) is 2. The van der Waals surface area contributed by atoms with E-state index in [1.165, 1.54) is 0 Å².